The van der Waals surface area contributed by atoms with E-state index in [0.29, 0.717) is 11.6 Å². The Labute approximate surface area is 101 Å². The van der Waals surface area contributed by atoms with Crippen LogP contribution in [0.4, 0.5) is 0 Å². The summed E-state index contributed by atoms with van der Waals surface area (Å²) >= 11 is 5.81. The number of hydrogen-bond acceptors (Lipinski definition) is 2. The average Bonchev–Trinajstić information content (AvgIpc) is 2.26. The Morgan fingerprint density at radius 3 is 2.50 bits per heavy atom. The summed E-state index contributed by atoms with van der Waals surface area (Å²) in [5.41, 5.74) is 1.14. The molecule has 4 heteroatoms. The molecule has 0 saturated carbocycles. The molecule has 88 valence electrons. The van der Waals surface area contributed by atoms with Gasteiger partial charge in [-0.15, -0.1) is 0 Å². The second kappa shape index (κ2) is 5.87. The second-order valence-corrected chi connectivity index (χ2v) is 4.29. The lowest BCUT2D eigenvalue weighted by molar-refractivity contribution is -0.137. The Hall–Kier alpha value is -1.06. The van der Waals surface area contributed by atoms with Gasteiger partial charge in [0.25, 0.3) is 0 Å². The smallest absolute Gasteiger partial charge is 0.304 e. The van der Waals surface area contributed by atoms with Gasteiger partial charge in [0.2, 0.25) is 0 Å². The number of hydrogen-bond donors (Lipinski definition) is 1. The van der Waals surface area contributed by atoms with E-state index in [4.69, 9.17) is 16.7 Å². The molecule has 1 unspecified atom stereocenters. The number of rotatable bonds is 5. The van der Waals surface area contributed by atoms with Gasteiger partial charge in [0.1, 0.15) is 0 Å². The predicted molar refractivity (Wildman–Crippen MR) is 64.7 cm³/mol. The van der Waals surface area contributed by atoms with E-state index in [1.165, 1.54) is 0 Å². The number of aliphatic carboxylic acids is 1. The van der Waals surface area contributed by atoms with Crippen molar-refractivity contribution in [2.45, 2.75) is 19.4 Å². The van der Waals surface area contributed by atoms with E-state index in [1.807, 2.05) is 43.1 Å². The van der Waals surface area contributed by atoms with Crippen LogP contribution in [0.1, 0.15) is 24.9 Å². The molecule has 0 radical (unpaired) electrons. The molecule has 1 atom stereocenters. The van der Waals surface area contributed by atoms with Gasteiger partial charge in [0, 0.05) is 17.6 Å². The van der Waals surface area contributed by atoms with Crippen LogP contribution in [0.3, 0.4) is 0 Å². The van der Waals surface area contributed by atoms with Crippen LogP contribution in [-0.2, 0) is 4.79 Å². The van der Waals surface area contributed by atoms with Crippen molar-refractivity contribution >= 4 is 17.6 Å². The molecule has 0 spiro atoms. The molecule has 0 bridgehead atoms. The molecule has 1 N–H and O–H groups in total. The van der Waals surface area contributed by atoms with E-state index in [1.54, 1.807) is 0 Å². The Balaban J connectivity index is 2.59. The van der Waals surface area contributed by atoms with E-state index in [0.717, 1.165) is 5.56 Å². The summed E-state index contributed by atoms with van der Waals surface area (Å²) in [6.45, 7) is 2.59. The molecule has 0 aliphatic heterocycles. The van der Waals surface area contributed by atoms with Crippen LogP contribution in [-0.4, -0.2) is 29.6 Å². The fraction of sp³-hybridized carbons (Fsp3) is 0.417. The quantitative estimate of drug-likeness (QED) is 0.862. The first-order chi connectivity index (χ1) is 7.50. The van der Waals surface area contributed by atoms with E-state index in [-0.39, 0.29) is 12.5 Å². The molecule has 3 nitrogen and oxygen atoms in total. The third kappa shape index (κ3) is 3.83. The van der Waals surface area contributed by atoms with Gasteiger partial charge in [0.15, 0.2) is 0 Å². The normalized spacial score (nSPS) is 12.8. The number of benzene rings is 1. The number of nitrogens with zero attached hydrogens (tertiary/aromatic N) is 1. The fourth-order valence-electron chi connectivity index (χ4n) is 1.46. The number of halogens is 1. The maximum Gasteiger partial charge on any atom is 0.304 e. The van der Waals surface area contributed by atoms with Gasteiger partial charge >= 0.3 is 5.97 Å². The van der Waals surface area contributed by atoms with Crippen molar-refractivity contribution in [2.24, 2.45) is 0 Å². The number of carboxylic acid groups (broad SMARTS) is 1. The zero-order valence-corrected chi connectivity index (χ0v) is 10.2. The van der Waals surface area contributed by atoms with E-state index >= 15 is 0 Å². The van der Waals surface area contributed by atoms with Crippen LogP contribution in [0, 0.1) is 0 Å². The van der Waals surface area contributed by atoms with E-state index in [2.05, 4.69) is 0 Å². The molecule has 16 heavy (non-hydrogen) atoms. The van der Waals surface area contributed by atoms with Gasteiger partial charge in [-0.05, 0) is 31.7 Å². The summed E-state index contributed by atoms with van der Waals surface area (Å²) in [6.07, 6.45) is 0.161. The van der Waals surface area contributed by atoms with Gasteiger partial charge in [-0.1, -0.05) is 23.7 Å². The van der Waals surface area contributed by atoms with Crippen molar-refractivity contribution in [1.29, 1.82) is 0 Å². The zero-order valence-electron chi connectivity index (χ0n) is 9.48. The van der Waals surface area contributed by atoms with Crippen molar-refractivity contribution < 1.29 is 9.90 Å². The molecule has 1 aromatic carbocycles. The van der Waals surface area contributed by atoms with Gasteiger partial charge < -0.3 is 5.11 Å². The van der Waals surface area contributed by atoms with Crippen molar-refractivity contribution in [3.63, 3.8) is 0 Å². The van der Waals surface area contributed by atoms with E-state index in [9.17, 15) is 4.79 Å². The van der Waals surface area contributed by atoms with Crippen molar-refractivity contribution in [3.8, 4) is 0 Å². The highest BCUT2D eigenvalue weighted by Crippen LogP contribution is 2.20. The maximum absolute atomic E-state index is 10.5. The van der Waals surface area contributed by atoms with Crippen molar-refractivity contribution in [2.75, 3.05) is 13.6 Å². The van der Waals surface area contributed by atoms with Gasteiger partial charge in [-0.2, -0.15) is 0 Å². The first-order valence-corrected chi connectivity index (χ1v) is 5.56. The standard InChI is InChI=1S/C12H16ClNO2/c1-9(14(2)8-7-12(15)16)10-3-5-11(13)6-4-10/h3-6,9H,7-8H2,1-2H3,(H,15,16). The van der Waals surface area contributed by atoms with Crippen LogP contribution < -0.4 is 0 Å². The Morgan fingerprint density at radius 1 is 1.44 bits per heavy atom. The van der Waals surface area contributed by atoms with E-state index < -0.39 is 5.97 Å². The fourth-order valence-corrected chi connectivity index (χ4v) is 1.59. The van der Waals surface area contributed by atoms with Crippen LogP contribution >= 0.6 is 11.6 Å². The van der Waals surface area contributed by atoms with Crippen LogP contribution in [0.15, 0.2) is 24.3 Å². The molecular weight excluding hydrogens is 226 g/mol. The Kier molecular flexibility index (Phi) is 4.77. The van der Waals surface area contributed by atoms with Crippen molar-refractivity contribution in [1.82, 2.24) is 4.90 Å². The first kappa shape index (κ1) is 13.0. The topological polar surface area (TPSA) is 40.5 Å². The first-order valence-electron chi connectivity index (χ1n) is 5.18. The molecule has 0 amide bonds. The summed E-state index contributed by atoms with van der Waals surface area (Å²) in [4.78, 5) is 12.5. The summed E-state index contributed by atoms with van der Waals surface area (Å²) < 4.78 is 0. The minimum atomic E-state index is -0.768. The summed E-state index contributed by atoms with van der Waals surface area (Å²) in [6, 6.07) is 7.81. The Bertz CT molecular complexity index is 351. The highest BCUT2D eigenvalue weighted by Gasteiger charge is 2.12. The molecule has 1 aromatic rings. The van der Waals surface area contributed by atoms with Crippen LogP contribution in [0.5, 0.6) is 0 Å². The highest BCUT2D eigenvalue weighted by molar-refractivity contribution is 6.30. The average molecular weight is 242 g/mol. The lowest BCUT2D eigenvalue weighted by atomic mass is 10.1. The third-order valence-corrected chi connectivity index (χ3v) is 2.94. The molecular formula is C12H16ClNO2. The molecule has 0 saturated heterocycles. The lowest BCUT2D eigenvalue weighted by Gasteiger charge is -2.24. The number of carboxylic acids is 1. The van der Waals surface area contributed by atoms with Gasteiger partial charge in [-0.3, -0.25) is 9.69 Å². The predicted octanol–water partition coefficient (Wildman–Crippen LogP) is 2.81. The highest BCUT2D eigenvalue weighted by atomic mass is 35.5. The monoisotopic (exact) mass is 241 g/mol. The molecule has 0 fully saturated rings. The largest absolute Gasteiger partial charge is 0.481 e. The van der Waals surface area contributed by atoms with Crippen LogP contribution in [0.2, 0.25) is 5.02 Å². The Morgan fingerprint density at radius 2 is 2.00 bits per heavy atom. The molecule has 0 aromatic heterocycles. The van der Waals surface area contributed by atoms with Gasteiger partial charge in [-0.25, -0.2) is 0 Å². The minimum absolute atomic E-state index is 0.161. The summed E-state index contributed by atoms with van der Waals surface area (Å²) in [7, 11) is 1.92. The van der Waals surface area contributed by atoms with Crippen molar-refractivity contribution in [3.05, 3.63) is 34.9 Å². The summed E-state index contributed by atoms with van der Waals surface area (Å²) in [5.74, 6) is -0.768. The molecule has 0 aliphatic carbocycles. The maximum atomic E-state index is 10.5. The third-order valence-electron chi connectivity index (χ3n) is 2.69. The number of carbonyl (C=O) groups is 1. The molecule has 0 heterocycles. The molecule has 0 aliphatic rings. The SMILES string of the molecule is CC(c1ccc(Cl)cc1)N(C)CCC(=O)O. The lowest BCUT2D eigenvalue weighted by Crippen LogP contribution is -2.25. The van der Waals surface area contributed by atoms with Gasteiger partial charge in [0.05, 0.1) is 6.42 Å². The second-order valence-electron chi connectivity index (χ2n) is 3.85. The summed E-state index contributed by atoms with van der Waals surface area (Å²) in [5, 5.41) is 9.32. The zero-order chi connectivity index (χ0) is 12.1. The minimum Gasteiger partial charge on any atom is -0.481 e. The molecule has 1 rings (SSSR count). The van der Waals surface area contributed by atoms with Crippen LogP contribution in [0.25, 0.3) is 0 Å².